The Kier molecular flexibility index (Phi) is 4.79. The molecule has 24 heavy (non-hydrogen) atoms. The molecule has 2 aromatic heterocycles. The molecule has 0 atom stereocenters. The number of aryl methyl sites for hydroxylation is 1. The summed E-state index contributed by atoms with van der Waals surface area (Å²) in [7, 11) is 1.56. The van der Waals surface area contributed by atoms with Crippen molar-refractivity contribution in [1.29, 1.82) is 0 Å². The van der Waals surface area contributed by atoms with E-state index in [0.29, 0.717) is 33.6 Å². The molecule has 9 heteroatoms. The number of aliphatic hydroxyl groups excluding tert-OH is 1. The van der Waals surface area contributed by atoms with Crippen LogP contribution in [-0.4, -0.2) is 36.6 Å². The van der Waals surface area contributed by atoms with Crippen LogP contribution >= 0.6 is 23.4 Å². The zero-order valence-electron chi connectivity index (χ0n) is 12.8. The number of rotatable bonds is 5. The van der Waals surface area contributed by atoms with Gasteiger partial charge in [-0.15, -0.1) is 0 Å². The van der Waals surface area contributed by atoms with Crippen molar-refractivity contribution >= 4 is 34.5 Å². The second-order valence-electron chi connectivity index (χ2n) is 5.17. The molecular formula is C15H15ClN4O3S. The number of hydrogen-bond acceptors (Lipinski definition) is 5. The van der Waals surface area contributed by atoms with E-state index in [1.54, 1.807) is 23.7 Å². The quantitative estimate of drug-likeness (QED) is 0.662. The van der Waals surface area contributed by atoms with Crippen molar-refractivity contribution in [1.82, 2.24) is 19.1 Å². The van der Waals surface area contributed by atoms with E-state index in [2.05, 4.69) is 9.97 Å². The second-order valence-corrected chi connectivity index (χ2v) is 6.67. The minimum atomic E-state index is -0.512. The Balaban J connectivity index is 2.19. The van der Waals surface area contributed by atoms with Crippen molar-refractivity contribution in [3.63, 3.8) is 0 Å². The van der Waals surface area contributed by atoms with E-state index in [4.69, 9.17) is 16.7 Å². The molecule has 126 valence electrons. The standard InChI is InChI=1S/C15H15ClN4O3S/c1-19-12-11(13(22)18-14(19)23)20(15(17-12)24-7-6-21)8-9-2-4-10(16)5-3-9/h2-5,21H,6-8H2,1H3,(H,18,22,23). The van der Waals surface area contributed by atoms with Crippen LogP contribution in [0.3, 0.4) is 0 Å². The lowest BCUT2D eigenvalue weighted by Gasteiger charge is -2.08. The number of aromatic amines is 1. The minimum absolute atomic E-state index is 0.00982. The first-order chi connectivity index (χ1) is 11.5. The monoisotopic (exact) mass is 366 g/mol. The Hall–Kier alpha value is -2.03. The molecule has 7 nitrogen and oxygen atoms in total. The molecule has 3 aromatic rings. The topological polar surface area (TPSA) is 92.9 Å². The number of H-pyrrole nitrogens is 1. The van der Waals surface area contributed by atoms with Crippen LogP contribution in [0.2, 0.25) is 5.02 Å². The third-order valence-electron chi connectivity index (χ3n) is 3.55. The molecular weight excluding hydrogens is 352 g/mol. The van der Waals surface area contributed by atoms with Gasteiger partial charge >= 0.3 is 5.69 Å². The van der Waals surface area contributed by atoms with Crippen LogP contribution in [0.1, 0.15) is 5.56 Å². The second kappa shape index (κ2) is 6.84. The number of nitrogens with zero attached hydrogens (tertiary/aromatic N) is 3. The Morgan fingerprint density at radius 1 is 1.29 bits per heavy atom. The Morgan fingerprint density at radius 2 is 2.00 bits per heavy atom. The first-order valence-corrected chi connectivity index (χ1v) is 8.55. The van der Waals surface area contributed by atoms with Crippen LogP contribution in [-0.2, 0) is 13.6 Å². The highest BCUT2D eigenvalue weighted by Gasteiger charge is 2.17. The molecule has 0 saturated carbocycles. The molecule has 2 heterocycles. The van der Waals surface area contributed by atoms with Gasteiger partial charge in [0.2, 0.25) is 0 Å². The fourth-order valence-electron chi connectivity index (χ4n) is 2.38. The minimum Gasteiger partial charge on any atom is -0.396 e. The van der Waals surface area contributed by atoms with Gasteiger partial charge in [-0.3, -0.25) is 14.3 Å². The van der Waals surface area contributed by atoms with E-state index < -0.39 is 11.2 Å². The molecule has 1 aromatic carbocycles. The maximum atomic E-state index is 12.3. The molecule has 3 rings (SSSR count). The van der Waals surface area contributed by atoms with Gasteiger partial charge in [-0.1, -0.05) is 35.5 Å². The Labute approximate surface area is 145 Å². The predicted molar refractivity (Wildman–Crippen MR) is 94.0 cm³/mol. The zero-order chi connectivity index (χ0) is 17.3. The first-order valence-electron chi connectivity index (χ1n) is 7.19. The third kappa shape index (κ3) is 3.12. The van der Waals surface area contributed by atoms with Crippen molar-refractivity contribution in [2.75, 3.05) is 12.4 Å². The maximum absolute atomic E-state index is 12.3. The number of imidazole rings is 1. The van der Waals surface area contributed by atoms with Crippen LogP contribution in [0, 0.1) is 0 Å². The molecule has 0 saturated heterocycles. The highest BCUT2D eigenvalue weighted by molar-refractivity contribution is 7.99. The summed E-state index contributed by atoms with van der Waals surface area (Å²) >= 11 is 7.23. The van der Waals surface area contributed by atoms with Crippen molar-refractivity contribution < 1.29 is 5.11 Å². The fraction of sp³-hybridized carbons (Fsp3) is 0.267. The van der Waals surface area contributed by atoms with Crippen LogP contribution in [0.4, 0.5) is 0 Å². The molecule has 0 radical (unpaired) electrons. The summed E-state index contributed by atoms with van der Waals surface area (Å²) in [6.45, 7) is 0.396. The Morgan fingerprint density at radius 3 is 2.67 bits per heavy atom. The average Bonchev–Trinajstić information content (AvgIpc) is 2.92. The van der Waals surface area contributed by atoms with E-state index in [1.165, 1.54) is 16.3 Å². The van der Waals surface area contributed by atoms with Gasteiger partial charge in [0.05, 0.1) is 13.2 Å². The number of benzene rings is 1. The summed E-state index contributed by atoms with van der Waals surface area (Å²) in [6.07, 6.45) is 0. The van der Waals surface area contributed by atoms with Gasteiger partial charge < -0.3 is 9.67 Å². The van der Waals surface area contributed by atoms with E-state index in [0.717, 1.165) is 5.56 Å². The first kappa shape index (κ1) is 16.8. The van der Waals surface area contributed by atoms with Crippen molar-refractivity contribution in [2.45, 2.75) is 11.7 Å². The largest absolute Gasteiger partial charge is 0.396 e. The van der Waals surface area contributed by atoms with E-state index >= 15 is 0 Å². The van der Waals surface area contributed by atoms with E-state index in [1.807, 2.05) is 12.1 Å². The molecule has 0 aliphatic rings. The number of hydrogen-bond donors (Lipinski definition) is 2. The average molecular weight is 367 g/mol. The predicted octanol–water partition coefficient (Wildman–Crippen LogP) is 1.21. The summed E-state index contributed by atoms with van der Waals surface area (Å²) in [6, 6.07) is 7.28. The summed E-state index contributed by atoms with van der Waals surface area (Å²) in [5, 5.41) is 10.3. The third-order valence-corrected chi connectivity index (χ3v) is 4.76. The highest BCUT2D eigenvalue weighted by Crippen LogP contribution is 2.23. The highest BCUT2D eigenvalue weighted by atomic mass is 35.5. The van der Waals surface area contributed by atoms with Crippen LogP contribution in [0.15, 0.2) is 39.0 Å². The fourth-order valence-corrected chi connectivity index (χ4v) is 3.24. The summed E-state index contributed by atoms with van der Waals surface area (Å²) < 4.78 is 3.05. The van der Waals surface area contributed by atoms with Gasteiger partial charge in [0, 0.05) is 17.8 Å². The Bertz CT molecular complexity index is 991. The molecule has 0 aliphatic heterocycles. The van der Waals surface area contributed by atoms with Gasteiger partial charge in [0.1, 0.15) is 0 Å². The van der Waals surface area contributed by atoms with Crippen molar-refractivity contribution in [3.8, 4) is 0 Å². The molecule has 2 N–H and O–H groups in total. The molecule has 0 fully saturated rings. The maximum Gasteiger partial charge on any atom is 0.329 e. The molecule has 0 aliphatic carbocycles. The molecule has 0 unspecified atom stereocenters. The number of fused-ring (bicyclic) bond motifs is 1. The van der Waals surface area contributed by atoms with Gasteiger partial charge in [-0.2, -0.15) is 0 Å². The van der Waals surface area contributed by atoms with Crippen molar-refractivity contribution in [3.05, 3.63) is 55.7 Å². The summed E-state index contributed by atoms with van der Waals surface area (Å²) in [4.78, 5) is 30.8. The lowest BCUT2D eigenvalue weighted by atomic mass is 10.2. The summed E-state index contributed by atoms with van der Waals surface area (Å²) in [5.41, 5.74) is 0.594. The smallest absolute Gasteiger partial charge is 0.329 e. The summed E-state index contributed by atoms with van der Waals surface area (Å²) in [5.74, 6) is 0.440. The van der Waals surface area contributed by atoms with Crippen LogP contribution in [0.25, 0.3) is 11.2 Å². The number of aromatic nitrogens is 4. The van der Waals surface area contributed by atoms with Gasteiger partial charge in [0.25, 0.3) is 5.56 Å². The lowest BCUT2D eigenvalue weighted by molar-refractivity contribution is 0.322. The number of thioether (sulfide) groups is 1. The van der Waals surface area contributed by atoms with E-state index in [-0.39, 0.29) is 6.61 Å². The van der Waals surface area contributed by atoms with Gasteiger partial charge in [-0.25, -0.2) is 9.78 Å². The zero-order valence-corrected chi connectivity index (χ0v) is 14.4. The molecule has 0 amide bonds. The van der Waals surface area contributed by atoms with Crippen molar-refractivity contribution in [2.24, 2.45) is 7.05 Å². The number of halogens is 1. The van der Waals surface area contributed by atoms with Crippen LogP contribution < -0.4 is 11.2 Å². The molecule has 0 bridgehead atoms. The number of nitrogens with one attached hydrogen (secondary N) is 1. The van der Waals surface area contributed by atoms with Gasteiger partial charge in [-0.05, 0) is 17.7 Å². The van der Waals surface area contributed by atoms with E-state index in [9.17, 15) is 9.59 Å². The normalized spacial score (nSPS) is 11.3. The van der Waals surface area contributed by atoms with Gasteiger partial charge in [0.15, 0.2) is 16.3 Å². The molecule has 0 spiro atoms. The van der Waals surface area contributed by atoms with Crippen LogP contribution in [0.5, 0.6) is 0 Å². The lowest BCUT2D eigenvalue weighted by Crippen LogP contribution is -2.29. The SMILES string of the molecule is Cn1c(=O)[nH]c(=O)c2c1nc(SCCO)n2Cc1ccc(Cl)cc1. The number of aliphatic hydroxyl groups is 1.